The SMILES string of the molecule is CCN1CCN(CCOc2cc3n(n2)CCCC3)CC1. The van der Waals surface area contributed by atoms with Crippen molar-refractivity contribution in [2.24, 2.45) is 0 Å². The molecule has 2 aliphatic rings. The highest BCUT2D eigenvalue weighted by atomic mass is 16.5. The van der Waals surface area contributed by atoms with Gasteiger partial charge < -0.3 is 9.64 Å². The molecule has 3 rings (SSSR count). The summed E-state index contributed by atoms with van der Waals surface area (Å²) in [7, 11) is 0. The first kappa shape index (κ1) is 13.9. The second-order valence-corrected chi connectivity index (χ2v) is 5.78. The van der Waals surface area contributed by atoms with Gasteiger partial charge in [-0.05, 0) is 25.8 Å². The number of piperazine rings is 1. The number of hydrogen-bond donors (Lipinski definition) is 0. The van der Waals surface area contributed by atoms with Crippen LogP contribution in [0.25, 0.3) is 0 Å². The zero-order chi connectivity index (χ0) is 13.8. The van der Waals surface area contributed by atoms with Gasteiger partial charge in [0.1, 0.15) is 6.61 Å². The fourth-order valence-corrected chi connectivity index (χ4v) is 3.07. The molecule has 0 N–H and O–H groups in total. The largest absolute Gasteiger partial charge is 0.475 e. The van der Waals surface area contributed by atoms with Crippen LogP contribution in [-0.4, -0.2) is 65.5 Å². The van der Waals surface area contributed by atoms with Gasteiger partial charge in [0.15, 0.2) is 0 Å². The third-order valence-corrected chi connectivity index (χ3v) is 4.46. The average molecular weight is 278 g/mol. The molecule has 0 radical (unpaired) electrons. The maximum Gasteiger partial charge on any atom is 0.233 e. The Hall–Kier alpha value is -1.07. The van der Waals surface area contributed by atoms with Crippen molar-refractivity contribution in [3.8, 4) is 5.88 Å². The highest BCUT2D eigenvalue weighted by Crippen LogP contribution is 2.19. The number of fused-ring (bicyclic) bond motifs is 1. The van der Waals surface area contributed by atoms with Crippen molar-refractivity contribution in [1.82, 2.24) is 19.6 Å². The first-order valence-electron chi connectivity index (χ1n) is 7.99. The molecular formula is C15H26N4O. The van der Waals surface area contributed by atoms with E-state index in [1.165, 1.54) is 38.2 Å². The van der Waals surface area contributed by atoms with Gasteiger partial charge >= 0.3 is 0 Å². The lowest BCUT2D eigenvalue weighted by Crippen LogP contribution is -2.47. The van der Waals surface area contributed by atoms with Gasteiger partial charge in [-0.2, -0.15) is 0 Å². The number of likely N-dealkylation sites (N-methyl/N-ethyl adjacent to an activating group) is 1. The van der Waals surface area contributed by atoms with Crippen LogP contribution in [0.15, 0.2) is 6.07 Å². The van der Waals surface area contributed by atoms with Gasteiger partial charge in [-0.25, -0.2) is 0 Å². The summed E-state index contributed by atoms with van der Waals surface area (Å²) in [6.45, 7) is 10.9. The minimum Gasteiger partial charge on any atom is -0.475 e. The van der Waals surface area contributed by atoms with Crippen LogP contribution in [0.3, 0.4) is 0 Å². The predicted octanol–water partition coefficient (Wildman–Crippen LogP) is 1.24. The van der Waals surface area contributed by atoms with Crippen molar-refractivity contribution in [2.75, 3.05) is 45.9 Å². The Balaban J connectivity index is 1.40. The summed E-state index contributed by atoms with van der Waals surface area (Å²) >= 11 is 0. The van der Waals surface area contributed by atoms with Crippen LogP contribution in [0.5, 0.6) is 5.88 Å². The normalized spacial score (nSPS) is 20.9. The molecule has 112 valence electrons. The first-order valence-corrected chi connectivity index (χ1v) is 7.99. The van der Waals surface area contributed by atoms with Crippen molar-refractivity contribution in [3.63, 3.8) is 0 Å². The molecule has 3 heterocycles. The number of hydrogen-bond acceptors (Lipinski definition) is 4. The standard InChI is InChI=1S/C15H26N4O/c1-2-17-7-9-18(10-8-17)11-12-20-15-13-14-5-3-4-6-19(14)16-15/h13H,2-12H2,1H3. The number of ether oxygens (including phenoxy) is 1. The Labute approximate surface area is 121 Å². The first-order chi connectivity index (χ1) is 9.85. The number of aromatic nitrogens is 2. The Morgan fingerprint density at radius 3 is 2.65 bits per heavy atom. The van der Waals surface area contributed by atoms with Gasteiger partial charge in [-0.3, -0.25) is 9.58 Å². The third-order valence-electron chi connectivity index (χ3n) is 4.46. The molecule has 1 fully saturated rings. The fourth-order valence-electron chi connectivity index (χ4n) is 3.07. The Kier molecular flexibility index (Phi) is 4.58. The van der Waals surface area contributed by atoms with Crippen LogP contribution >= 0.6 is 0 Å². The minimum absolute atomic E-state index is 0.753. The molecule has 1 aromatic rings. The number of nitrogens with zero attached hydrogens (tertiary/aromatic N) is 4. The molecule has 0 bridgehead atoms. The molecule has 5 nitrogen and oxygen atoms in total. The van der Waals surface area contributed by atoms with Crippen LogP contribution in [-0.2, 0) is 13.0 Å². The summed E-state index contributed by atoms with van der Waals surface area (Å²) in [6.07, 6.45) is 3.68. The number of rotatable bonds is 5. The molecule has 1 aromatic heterocycles. The Morgan fingerprint density at radius 2 is 1.90 bits per heavy atom. The lowest BCUT2D eigenvalue weighted by molar-refractivity contribution is 0.119. The van der Waals surface area contributed by atoms with Crippen molar-refractivity contribution < 1.29 is 4.74 Å². The van der Waals surface area contributed by atoms with E-state index in [-0.39, 0.29) is 0 Å². The summed E-state index contributed by atoms with van der Waals surface area (Å²) in [5.41, 5.74) is 1.34. The monoisotopic (exact) mass is 278 g/mol. The highest BCUT2D eigenvalue weighted by Gasteiger charge is 2.16. The second-order valence-electron chi connectivity index (χ2n) is 5.78. The van der Waals surface area contributed by atoms with E-state index >= 15 is 0 Å². The van der Waals surface area contributed by atoms with Crippen molar-refractivity contribution >= 4 is 0 Å². The summed E-state index contributed by atoms with van der Waals surface area (Å²) in [5, 5.41) is 4.53. The average Bonchev–Trinajstić information content (AvgIpc) is 2.90. The van der Waals surface area contributed by atoms with E-state index in [4.69, 9.17) is 4.74 Å². The Morgan fingerprint density at radius 1 is 1.10 bits per heavy atom. The van der Waals surface area contributed by atoms with Crippen LogP contribution in [0.2, 0.25) is 0 Å². The van der Waals surface area contributed by atoms with E-state index in [1.807, 2.05) is 0 Å². The second kappa shape index (κ2) is 6.59. The molecule has 0 spiro atoms. The van der Waals surface area contributed by atoms with E-state index in [0.717, 1.165) is 45.1 Å². The van der Waals surface area contributed by atoms with Crippen molar-refractivity contribution in [2.45, 2.75) is 32.7 Å². The van der Waals surface area contributed by atoms with E-state index in [0.29, 0.717) is 0 Å². The van der Waals surface area contributed by atoms with E-state index in [2.05, 4.69) is 32.6 Å². The fraction of sp³-hybridized carbons (Fsp3) is 0.800. The summed E-state index contributed by atoms with van der Waals surface area (Å²) in [6, 6.07) is 2.12. The maximum atomic E-state index is 5.83. The summed E-state index contributed by atoms with van der Waals surface area (Å²) in [4.78, 5) is 4.99. The molecule has 0 aromatic carbocycles. The van der Waals surface area contributed by atoms with Gasteiger partial charge in [0.2, 0.25) is 5.88 Å². The third kappa shape index (κ3) is 3.33. The van der Waals surface area contributed by atoms with Crippen LogP contribution < -0.4 is 4.74 Å². The molecule has 0 atom stereocenters. The van der Waals surface area contributed by atoms with Crippen LogP contribution in [0, 0.1) is 0 Å². The molecule has 5 heteroatoms. The van der Waals surface area contributed by atoms with Gasteiger partial charge in [0.05, 0.1) is 0 Å². The maximum absolute atomic E-state index is 5.83. The highest BCUT2D eigenvalue weighted by molar-refractivity contribution is 5.16. The van der Waals surface area contributed by atoms with Gasteiger partial charge in [-0.15, -0.1) is 5.10 Å². The minimum atomic E-state index is 0.753. The molecule has 1 saturated heterocycles. The quantitative estimate of drug-likeness (QED) is 0.811. The zero-order valence-corrected chi connectivity index (χ0v) is 12.6. The smallest absolute Gasteiger partial charge is 0.233 e. The topological polar surface area (TPSA) is 33.5 Å². The van der Waals surface area contributed by atoms with Gasteiger partial charge in [0.25, 0.3) is 0 Å². The summed E-state index contributed by atoms with van der Waals surface area (Å²) in [5.74, 6) is 0.814. The molecule has 20 heavy (non-hydrogen) atoms. The zero-order valence-electron chi connectivity index (χ0n) is 12.6. The lowest BCUT2D eigenvalue weighted by Gasteiger charge is -2.33. The van der Waals surface area contributed by atoms with Gasteiger partial charge in [0, 0.05) is 51.0 Å². The summed E-state index contributed by atoms with van der Waals surface area (Å²) < 4.78 is 7.94. The molecule has 0 aliphatic carbocycles. The molecule has 0 amide bonds. The molecule has 2 aliphatic heterocycles. The lowest BCUT2D eigenvalue weighted by atomic mass is 10.1. The molecule has 0 saturated carbocycles. The van der Waals surface area contributed by atoms with Crippen LogP contribution in [0.4, 0.5) is 0 Å². The van der Waals surface area contributed by atoms with Gasteiger partial charge in [-0.1, -0.05) is 6.92 Å². The Bertz CT molecular complexity index is 400. The van der Waals surface area contributed by atoms with Crippen LogP contribution in [0.1, 0.15) is 25.5 Å². The van der Waals surface area contributed by atoms with Crippen molar-refractivity contribution in [1.29, 1.82) is 0 Å². The van der Waals surface area contributed by atoms with E-state index < -0.39 is 0 Å². The van der Waals surface area contributed by atoms with E-state index in [1.54, 1.807) is 0 Å². The van der Waals surface area contributed by atoms with E-state index in [9.17, 15) is 0 Å². The molecular weight excluding hydrogens is 252 g/mol. The predicted molar refractivity (Wildman–Crippen MR) is 79.2 cm³/mol. The molecule has 0 unspecified atom stereocenters. The van der Waals surface area contributed by atoms with Crippen molar-refractivity contribution in [3.05, 3.63) is 11.8 Å². The number of aryl methyl sites for hydroxylation is 2.